The molecule has 2 unspecified atom stereocenters. The van der Waals surface area contributed by atoms with Gasteiger partial charge in [0.05, 0.1) is 18.0 Å². The Hall–Kier alpha value is -0.890. The highest BCUT2D eigenvalue weighted by atomic mass is 32.2. The molecular weight excluding hydrogens is 474 g/mol. The summed E-state index contributed by atoms with van der Waals surface area (Å²) in [6.07, 6.45) is 4.89. The predicted molar refractivity (Wildman–Crippen MR) is 145 cm³/mol. The minimum atomic E-state index is -0.702. The average Bonchev–Trinajstić information content (AvgIpc) is 3.09. The first-order valence-electron chi connectivity index (χ1n) is 13.8. The Bertz CT molecular complexity index is 832. The van der Waals surface area contributed by atoms with E-state index < -0.39 is 34.6 Å². The minimum absolute atomic E-state index is 0.0142. The number of hydrogen-bond donors (Lipinski definition) is 3. The third kappa shape index (κ3) is 5.74. The zero-order valence-electron chi connectivity index (χ0n) is 23.2. The number of aliphatic hydroxyl groups excluding tert-OH is 2. The second kappa shape index (κ2) is 11.1. The molecule has 6 nitrogen and oxygen atoms in total. The lowest BCUT2D eigenvalue weighted by atomic mass is 9.57. The molecular formula is C29H49NO5S. The average molecular weight is 524 g/mol. The Balaban J connectivity index is 1.84. The monoisotopic (exact) mass is 523 g/mol. The van der Waals surface area contributed by atoms with Crippen LogP contribution in [0.15, 0.2) is 12.7 Å². The zero-order chi connectivity index (χ0) is 27.1. The fraction of sp³-hybridized carbons (Fsp3) is 0.862. The van der Waals surface area contributed by atoms with E-state index in [0.717, 1.165) is 19.3 Å². The van der Waals surface area contributed by atoms with Gasteiger partial charge in [-0.05, 0) is 56.3 Å². The van der Waals surface area contributed by atoms with Crippen LogP contribution >= 0.6 is 11.8 Å². The smallest absolute Gasteiger partial charge is 0.316 e. The highest BCUT2D eigenvalue weighted by Gasteiger charge is 2.55. The van der Waals surface area contributed by atoms with E-state index >= 15 is 0 Å². The Morgan fingerprint density at radius 2 is 1.83 bits per heavy atom. The quantitative estimate of drug-likeness (QED) is 0.359. The topological polar surface area (TPSA) is 110 Å². The molecule has 36 heavy (non-hydrogen) atoms. The molecule has 0 radical (unpaired) electrons. The minimum Gasteiger partial charge on any atom is -0.461 e. The second-order valence-electron chi connectivity index (χ2n) is 13.1. The molecule has 3 aliphatic rings. The van der Waals surface area contributed by atoms with Crippen molar-refractivity contribution >= 4 is 23.5 Å². The first kappa shape index (κ1) is 29.7. The number of carbonyl (C=O) groups excluding carboxylic acids is 2. The normalized spacial score (nSPS) is 45.5. The first-order chi connectivity index (χ1) is 16.7. The van der Waals surface area contributed by atoms with Gasteiger partial charge >= 0.3 is 5.97 Å². The molecule has 0 saturated heterocycles. The highest BCUT2D eigenvalue weighted by molar-refractivity contribution is 8.00. The lowest BCUT2D eigenvalue weighted by molar-refractivity contribution is -0.163. The molecule has 3 fully saturated rings. The second-order valence-corrected chi connectivity index (χ2v) is 14.3. The van der Waals surface area contributed by atoms with E-state index in [0.29, 0.717) is 25.7 Å². The van der Waals surface area contributed by atoms with Crippen molar-refractivity contribution in [2.75, 3.05) is 5.75 Å². The molecule has 10 atom stereocenters. The number of esters is 1. The van der Waals surface area contributed by atoms with Gasteiger partial charge in [-0.1, -0.05) is 47.6 Å². The van der Waals surface area contributed by atoms with Gasteiger partial charge in [-0.15, -0.1) is 18.3 Å². The van der Waals surface area contributed by atoms with Crippen molar-refractivity contribution in [2.24, 2.45) is 39.7 Å². The van der Waals surface area contributed by atoms with Crippen LogP contribution in [0.3, 0.4) is 0 Å². The van der Waals surface area contributed by atoms with Crippen molar-refractivity contribution in [1.29, 1.82) is 0 Å². The van der Waals surface area contributed by atoms with Crippen LogP contribution in [-0.2, 0) is 14.3 Å². The summed E-state index contributed by atoms with van der Waals surface area (Å²) in [5, 5.41) is 22.0. The molecule has 0 amide bonds. The maximum absolute atomic E-state index is 13.2. The lowest BCUT2D eigenvalue weighted by Gasteiger charge is -2.50. The molecule has 3 aliphatic carbocycles. The third-order valence-electron chi connectivity index (χ3n) is 10.4. The van der Waals surface area contributed by atoms with Gasteiger partial charge in [-0.3, -0.25) is 9.59 Å². The van der Waals surface area contributed by atoms with E-state index in [1.54, 1.807) is 0 Å². The predicted octanol–water partition coefficient (Wildman–Crippen LogP) is 4.50. The Morgan fingerprint density at radius 1 is 1.17 bits per heavy atom. The molecule has 0 spiro atoms. The van der Waals surface area contributed by atoms with E-state index in [4.69, 9.17) is 10.5 Å². The number of carbonyl (C=O) groups is 2. The van der Waals surface area contributed by atoms with Crippen molar-refractivity contribution in [3.8, 4) is 0 Å². The molecule has 0 aromatic heterocycles. The van der Waals surface area contributed by atoms with Crippen LogP contribution in [0, 0.1) is 34.0 Å². The first-order valence-corrected chi connectivity index (χ1v) is 14.8. The van der Waals surface area contributed by atoms with E-state index in [2.05, 4.69) is 41.2 Å². The van der Waals surface area contributed by atoms with E-state index in [-0.39, 0.29) is 46.6 Å². The van der Waals surface area contributed by atoms with E-state index in [1.807, 2.05) is 13.0 Å². The molecule has 7 heteroatoms. The summed E-state index contributed by atoms with van der Waals surface area (Å²) in [7, 11) is 0. The lowest BCUT2D eigenvalue weighted by Crippen LogP contribution is -2.51. The van der Waals surface area contributed by atoms with Crippen LogP contribution in [-0.4, -0.2) is 57.3 Å². The summed E-state index contributed by atoms with van der Waals surface area (Å²) in [5.74, 6) is 0.299. The third-order valence-corrected chi connectivity index (χ3v) is 11.7. The van der Waals surface area contributed by atoms with Gasteiger partial charge in [0.15, 0.2) is 0 Å². The van der Waals surface area contributed by atoms with Gasteiger partial charge in [0, 0.05) is 34.0 Å². The Morgan fingerprint density at radius 3 is 2.44 bits per heavy atom. The fourth-order valence-electron chi connectivity index (χ4n) is 7.14. The number of aliphatic hydroxyl groups is 2. The SMILES string of the molecule is C=C[C@]1(C)C[C@@H](OC(=O)CS[C@@H]2CC[C@@H](N)C[C@H]2O)C(C)(C)C(C)CC2(C)C(=O)CC[C@@H]2[C@@H](C)[C@@H]1O. The van der Waals surface area contributed by atoms with Crippen molar-refractivity contribution in [2.45, 2.75) is 116 Å². The molecule has 0 aliphatic heterocycles. The summed E-state index contributed by atoms with van der Waals surface area (Å²) >= 11 is 1.45. The van der Waals surface area contributed by atoms with E-state index in [1.165, 1.54) is 11.8 Å². The van der Waals surface area contributed by atoms with Gasteiger partial charge in [-0.25, -0.2) is 0 Å². The molecule has 0 bridgehead atoms. The number of nitrogens with two attached hydrogens (primary N) is 1. The van der Waals surface area contributed by atoms with Crippen LogP contribution in [0.5, 0.6) is 0 Å². The van der Waals surface area contributed by atoms with Crippen LogP contribution < -0.4 is 5.73 Å². The molecule has 0 aromatic rings. The van der Waals surface area contributed by atoms with Gasteiger partial charge in [-0.2, -0.15) is 0 Å². The Kier molecular flexibility index (Phi) is 9.12. The highest BCUT2D eigenvalue weighted by Crippen LogP contribution is 2.55. The van der Waals surface area contributed by atoms with Gasteiger partial charge in [0.2, 0.25) is 0 Å². The molecule has 3 saturated carbocycles. The number of ether oxygens (including phenoxy) is 1. The standard InChI is InChI=1S/C29H49NO5S/c1-8-28(6)15-24(35-25(33)16-36-22-11-9-19(30)13-21(22)31)27(4,5)17(2)14-29(7)20(10-12-23(29)32)18(3)26(28)34/h8,17-22,24,26,31,34H,1,9-16,30H2,2-7H3/t17?,18-,19-,20-,21-,22-,24-,26+,28-,29?/m1/s1. The summed E-state index contributed by atoms with van der Waals surface area (Å²) in [6, 6.07) is 0.0210. The van der Waals surface area contributed by atoms with E-state index in [9.17, 15) is 19.8 Å². The summed E-state index contributed by atoms with van der Waals surface area (Å²) in [4.78, 5) is 26.3. The summed E-state index contributed by atoms with van der Waals surface area (Å²) < 4.78 is 6.20. The van der Waals surface area contributed by atoms with Crippen LogP contribution in [0.4, 0.5) is 0 Å². The molecule has 0 aromatic carbocycles. The van der Waals surface area contributed by atoms with Crippen molar-refractivity contribution in [3.05, 3.63) is 12.7 Å². The zero-order valence-corrected chi connectivity index (χ0v) is 24.0. The van der Waals surface area contributed by atoms with Crippen LogP contribution in [0.25, 0.3) is 0 Å². The molecule has 4 N–H and O–H groups in total. The maximum Gasteiger partial charge on any atom is 0.316 e. The van der Waals surface area contributed by atoms with Gasteiger partial charge in [0.1, 0.15) is 11.9 Å². The Labute approximate surface area is 222 Å². The van der Waals surface area contributed by atoms with Crippen molar-refractivity contribution in [1.82, 2.24) is 0 Å². The summed E-state index contributed by atoms with van der Waals surface area (Å²) in [5.41, 5.74) is 4.37. The van der Waals surface area contributed by atoms with Crippen LogP contribution in [0.2, 0.25) is 0 Å². The molecule has 206 valence electrons. The largest absolute Gasteiger partial charge is 0.461 e. The van der Waals surface area contributed by atoms with Crippen LogP contribution in [0.1, 0.15) is 86.5 Å². The number of thioether (sulfide) groups is 1. The number of ketones is 1. The number of Topliss-reactive ketones (excluding diaryl/α,β-unsaturated/α-hetero) is 1. The number of hydrogen-bond acceptors (Lipinski definition) is 7. The summed E-state index contributed by atoms with van der Waals surface area (Å²) in [6.45, 7) is 16.6. The molecule has 0 heterocycles. The van der Waals surface area contributed by atoms with Crippen molar-refractivity contribution in [3.63, 3.8) is 0 Å². The van der Waals surface area contributed by atoms with Crippen molar-refractivity contribution < 1.29 is 24.5 Å². The number of fused-ring (bicyclic) bond motifs is 1. The molecule has 3 rings (SSSR count). The van der Waals surface area contributed by atoms with Gasteiger partial charge in [0.25, 0.3) is 0 Å². The fourth-order valence-corrected chi connectivity index (χ4v) is 8.19. The maximum atomic E-state index is 13.2. The number of rotatable bonds is 5. The van der Waals surface area contributed by atoms with Gasteiger partial charge < -0.3 is 20.7 Å².